The molecular formula is C31H41NO4. The number of rotatable bonds is 3. The zero-order valence-corrected chi connectivity index (χ0v) is 22.6. The summed E-state index contributed by atoms with van der Waals surface area (Å²) < 4.78 is 4.99. The monoisotopic (exact) mass is 491 g/mol. The van der Waals surface area contributed by atoms with E-state index >= 15 is 0 Å². The van der Waals surface area contributed by atoms with Crippen LogP contribution in [-0.2, 0) is 19.1 Å². The third kappa shape index (κ3) is 3.65. The highest BCUT2D eigenvalue weighted by Gasteiger charge is 2.63. The van der Waals surface area contributed by atoms with Crippen LogP contribution in [0.3, 0.4) is 0 Å². The molecule has 0 bridgehead atoms. The molecule has 194 valence electrons. The molecule has 0 aromatic heterocycles. The number of fused-ring (bicyclic) bond motifs is 7. The zero-order valence-electron chi connectivity index (χ0n) is 22.6. The van der Waals surface area contributed by atoms with Crippen LogP contribution < -0.4 is 0 Å². The van der Waals surface area contributed by atoms with E-state index in [0.717, 1.165) is 56.9 Å². The Bertz CT molecular complexity index is 1110. The van der Waals surface area contributed by atoms with Crippen LogP contribution in [0.25, 0.3) is 0 Å². The van der Waals surface area contributed by atoms with Gasteiger partial charge in [0.15, 0.2) is 11.6 Å². The Morgan fingerprint density at radius 2 is 1.83 bits per heavy atom. The van der Waals surface area contributed by atoms with Crippen molar-refractivity contribution in [3.8, 4) is 6.07 Å². The van der Waals surface area contributed by atoms with Gasteiger partial charge in [0.1, 0.15) is 6.07 Å². The van der Waals surface area contributed by atoms with Gasteiger partial charge in [-0.15, -0.1) is 0 Å². The molecule has 5 aliphatic carbocycles. The third-order valence-corrected chi connectivity index (χ3v) is 11.5. The Morgan fingerprint density at radius 1 is 1.08 bits per heavy atom. The third-order valence-electron chi connectivity index (χ3n) is 11.5. The minimum absolute atomic E-state index is 0.0190. The van der Waals surface area contributed by atoms with Crippen molar-refractivity contribution in [1.29, 1.82) is 5.26 Å². The molecule has 0 N–H and O–H groups in total. The molecule has 7 atom stereocenters. The van der Waals surface area contributed by atoms with Gasteiger partial charge in [-0.2, -0.15) is 5.26 Å². The van der Waals surface area contributed by atoms with Gasteiger partial charge in [0, 0.05) is 24.2 Å². The van der Waals surface area contributed by atoms with E-state index in [0.29, 0.717) is 12.8 Å². The van der Waals surface area contributed by atoms with Gasteiger partial charge in [0.25, 0.3) is 0 Å². The second-order valence-corrected chi connectivity index (χ2v) is 13.8. The fourth-order valence-corrected chi connectivity index (χ4v) is 9.41. The molecule has 3 saturated carbocycles. The number of carbonyl (C=O) groups is 3. The van der Waals surface area contributed by atoms with Crippen LogP contribution in [0, 0.1) is 56.7 Å². The summed E-state index contributed by atoms with van der Waals surface area (Å²) in [6.07, 6.45) is 12.7. The molecule has 0 amide bonds. The van der Waals surface area contributed by atoms with E-state index in [1.54, 1.807) is 0 Å². The standard InChI is InChI=1S/C31H41NO4/c1-28(2)12-13-31(11-8-26(35)36-5)10-7-21-27(22(31)17-28)24(34)15-25-29(21,3)9-6-20-14-23(33)19(18-32)16-30(20,25)4/h15-16,20-22,27H,6-14,17H2,1-5H3. The van der Waals surface area contributed by atoms with Crippen molar-refractivity contribution < 1.29 is 19.1 Å². The molecule has 3 fully saturated rings. The fraction of sp³-hybridized carbons (Fsp3) is 0.742. The lowest BCUT2D eigenvalue weighted by Crippen LogP contribution is -2.59. The Hall–Kier alpha value is -2.22. The van der Waals surface area contributed by atoms with Crippen molar-refractivity contribution in [2.45, 2.75) is 91.9 Å². The van der Waals surface area contributed by atoms with Crippen molar-refractivity contribution in [1.82, 2.24) is 0 Å². The number of hydrogen-bond donors (Lipinski definition) is 0. The average molecular weight is 492 g/mol. The predicted molar refractivity (Wildman–Crippen MR) is 136 cm³/mol. The first-order valence-corrected chi connectivity index (χ1v) is 13.9. The van der Waals surface area contributed by atoms with Crippen molar-refractivity contribution in [2.24, 2.45) is 45.3 Å². The highest BCUT2D eigenvalue weighted by Crippen LogP contribution is 2.69. The Morgan fingerprint density at radius 3 is 2.53 bits per heavy atom. The molecule has 0 aliphatic heterocycles. The normalized spacial score (nSPS) is 43.0. The highest BCUT2D eigenvalue weighted by molar-refractivity contribution is 6.01. The van der Waals surface area contributed by atoms with E-state index in [4.69, 9.17) is 4.74 Å². The molecule has 7 unspecified atom stereocenters. The first-order valence-electron chi connectivity index (χ1n) is 13.9. The van der Waals surface area contributed by atoms with Crippen LogP contribution in [0.4, 0.5) is 0 Å². The number of hydrogen-bond acceptors (Lipinski definition) is 5. The molecule has 0 aromatic rings. The number of ether oxygens (including phenoxy) is 1. The first-order chi connectivity index (χ1) is 16.9. The van der Waals surface area contributed by atoms with Gasteiger partial charge in [0.2, 0.25) is 0 Å². The fourth-order valence-electron chi connectivity index (χ4n) is 9.41. The second kappa shape index (κ2) is 8.40. The molecule has 5 nitrogen and oxygen atoms in total. The van der Waals surface area contributed by atoms with Crippen molar-refractivity contribution in [3.05, 3.63) is 23.3 Å². The van der Waals surface area contributed by atoms with Crippen LogP contribution in [0.1, 0.15) is 91.9 Å². The first kappa shape index (κ1) is 25.4. The molecule has 5 heteroatoms. The van der Waals surface area contributed by atoms with Crippen molar-refractivity contribution in [2.75, 3.05) is 7.11 Å². The lowest BCUT2D eigenvalue weighted by Gasteiger charge is -2.64. The Kier molecular flexibility index (Phi) is 5.93. The number of carbonyl (C=O) groups excluding carboxylic acids is 3. The summed E-state index contributed by atoms with van der Waals surface area (Å²) in [5, 5.41) is 9.62. The summed E-state index contributed by atoms with van der Waals surface area (Å²) in [7, 11) is 1.46. The summed E-state index contributed by atoms with van der Waals surface area (Å²) in [4.78, 5) is 38.8. The maximum Gasteiger partial charge on any atom is 0.305 e. The van der Waals surface area contributed by atoms with Gasteiger partial charge < -0.3 is 4.74 Å². The van der Waals surface area contributed by atoms with Crippen LogP contribution in [0.15, 0.2) is 23.3 Å². The van der Waals surface area contributed by atoms with E-state index in [1.165, 1.54) is 7.11 Å². The van der Waals surface area contributed by atoms with Gasteiger partial charge in [-0.3, -0.25) is 14.4 Å². The lowest BCUT2D eigenvalue weighted by atomic mass is 9.39. The van der Waals surface area contributed by atoms with Gasteiger partial charge in [0.05, 0.1) is 12.7 Å². The smallest absolute Gasteiger partial charge is 0.305 e. The van der Waals surface area contributed by atoms with E-state index in [2.05, 4.69) is 33.8 Å². The predicted octanol–water partition coefficient (Wildman–Crippen LogP) is 6.13. The van der Waals surface area contributed by atoms with Crippen LogP contribution in [-0.4, -0.2) is 24.6 Å². The summed E-state index contributed by atoms with van der Waals surface area (Å²) in [6.45, 7) is 9.18. The minimum atomic E-state index is -0.419. The number of nitriles is 1. The lowest BCUT2D eigenvalue weighted by molar-refractivity contribution is -0.150. The number of Topliss-reactive ketones (excluding diaryl/α,β-unsaturated/α-hetero) is 1. The molecule has 0 saturated heterocycles. The summed E-state index contributed by atoms with van der Waals surface area (Å²) in [5.41, 5.74) is 1.09. The topological polar surface area (TPSA) is 84.2 Å². The Labute approximate surface area is 215 Å². The SMILES string of the molecule is COC(=O)CCC12CCC3C(C(=O)C=C4C5(C)C=C(C#N)C(=O)CC5CCC43C)C1CC(C)(C)CC2. The molecule has 36 heavy (non-hydrogen) atoms. The largest absolute Gasteiger partial charge is 0.469 e. The van der Waals surface area contributed by atoms with Crippen molar-refractivity contribution >= 4 is 17.5 Å². The van der Waals surface area contributed by atoms with Crippen molar-refractivity contribution in [3.63, 3.8) is 0 Å². The molecule has 0 spiro atoms. The van der Waals surface area contributed by atoms with E-state index in [-0.39, 0.29) is 63.0 Å². The Balaban J connectivity index is 1.57. The number of ketones is 2. The average Bonchev–Trinajstić information content (AvgIpc) is 2.83. The zero-order chi connectivity index (χ0) is 26.1. The molecular weight excluding hydrogens is 450 g/mol. The van der Waals surface area contributed by atoms with E-state index in [1.807, 2.05) is 12.2 Å². The minimum Gasteiger partial charge on any atom is -0.469 e. The van der Waals surface area contributed by atoms with E-state index in [9.17, 15) is 19.6 Å². The highest BCUT2D eigenvalue weighted by atomic mass is 16.5. The summed E-state index contributed by atoms with van der Waals surface area (Å²) in [6, 6.07) is 2.13. The number of nitrogens with zero attached hydrogens (tertiary/aromatic N) is 1. The van der Waals surface area contributed by atoms with Gasteiger partial charge in [-0.1, -0.05) is 39.3 Å². The summed E-state index contributed by atoms with van der Waals surface area (Å²) >= 11 is 0. The molecule has 0 radical (unpaired) electrons. The van der Waals surface area contributed by atoms with Gasteiger partial charge in [-0.25, -0.2) is 0 Å². The maximum absolute atomic E-state index is 14.1. The van der Waals surface area contributed by atoms with Gasteiger partial charge in [-0.05, 0) is 91.4 Å². The van der Waals surface area contributed by atoms with Crippen LogP contribution in [0.5, 0.6) is 0 Å². The quantitative estimate of drug-likeness (QED) is 0.443. The van der Waals surface area contributed by atoms with Gasteiger partial charge >= 0.3 is 5.97 Å². The number of methoxy groups -OCH3 is 1. The van der Waals surface area contributed by atoms with E-state index < -0.39 is 5.41 Å². The molecule has 0 aromatic carbocycles. The van der Waals surface area contributed by atoms with Crippen LogP contribution in [0.2, 0.25) is 0 Å². The number of allylic oxidation sites excluding steroid dienone is 4. The summed E-state index contributed by atoms with van der Waals surface area (Å²) in [5.74, 6) is 0.707. The second-order valence-electron chi connectivity index (χ2n) is 13.8. The molecule has 5 aliphatic rings. The maximum atomic E-state index is 14.1. The molecule has 5 rings (SSSR count). The number of esters is 1. The molecule has 0 heterocycles. The van der Waals surface area contributed by atoms with Crippen LogP contribution >= 0.6 is 0 Å².